The molecule has 19 rings (SSSR count). The number of benzene rings is 12. The van der Waals surface area contributed by atoms with E-state index >= 15 is 0 Å². The summed E-state index contributed by atoms with van der Waals surface area (Å²) in [5, 5.41) is 13.3. The van der Waals surface area contributed by atoms with Gasteiger partial charge in [0.25, 0.3) is 0 Å². The summed E-state index contributed by atoms with van der Waals surface area (Å²) in [5.41, 5.74) is 25.9. The molecule has 0 aliphatic heterocycles. The maximum absolute atomic E-state index is 2.70. The van der Waals surface area contributed by atoms with Crippen LogP contribution in [0.2, 0.25) is 0 Å². The van der Waals surface area contributed by atoms with Gasteiger partial charge in [-0.3, -0.25) is 0 Å². The molecule has 4 heteroatoms. The molecule has 3 aliphatic carbocycles. The monoisotopic (exact) mass is 1050 g/mol. The fourth-order valence-corrected chi connectivity index (χ4v) is 18.4. The minimum atomic E-state index is -0.251. The number of hydrogen-bond acceptors (Lipinski definition) is 2. The molecule has 0 radical (unpaired) electrons. The third-order valence-corrected chi connectivity index (χ3v) is 21.5. The molecule has 0 amide bonds. The van der Waals surface area contributed by atoms with Gasteiger partial charge in [0.1, 0.15) is 0 Å². The van der Waals surface area contributed by atoms with Crippen LogP contribution in [0.3, 0.4) is 0 Å². The normalized spacial score (nSPS) is 14.4. The van der Waals surface area contributed by atoms with E-state index in [2.05, 4.69) is 255 Å². The van der Waals surface area contributed by atoms with E-state index in [0.717, 1.165) is 0 Å². The molecule has 0 unspecified atom stereocenters. The summed E-state index contributed by atoms with van der Waals surface area (Å²) in [4.78, 5) is 0. The lowest BCUT2D eigenvalue weighted by atomic mass is 9.80. The van der Waals surface area contributed by atoms with Crippen molar-refractivity contribution in [1.82, 2.24) is 9.13 Å². The van der Waals surface area contributed by atoms with Gasteiger partial charge in [-0.05, 0) is 132 Å². The third kappa shape index (κ3) is 5.22. The van der Waals surface area contributed by atoms with Crippen LogP contribution in [0.1, 0.15) is 49.9 Å². The topological polar surface area (TPSA) is 9.86 Å². The lowest BCUT2D eigenvalue weighted by Gasteiger charge is -2.23. The number of rotatable bonds is 3. The van der Waals surface area contributed by atoms with E-state index in [1.807, 2.05) is 22.7 Å². The number of hydrogen-bond donors (Lipinski definition) is 0. The second-order valence-corrected chi connectivity index (χ2v) is 25.9. The zero-order chi connectivity index (χ0) is 52.7. The number of fused-ring (bicyclic) bond motifs is 27. The van der Waals surface area contributed by atoms with Gasteiger partial charge < -0.3 is 9.13 Å². The molecule has 0 saturated carbocycles. The Morgan fingerprint density at radius 3 is 1.55 bits per heavy atom. The summed E-state index contributed by atoms with van der Waals surface area (Å²) in [6.07, 6.45) is 0. The first kappa shape index (κ1) is 43.9. The summed E-state index contributed by atoms with van der Waals surface area (Å²) >= 11 is 3.91. The highest BCUT2D eigenvalue weighted by atomic mass is 32.1. The Balaban J connectivity index is 0.950. The summed E-state index contributed by atoms with van der Waals surface area (Å²) in [5.74, 6) is 0. The van der Waals surface area contributed by atoms with Crippen LogP contribution in [0.4, 0.5) is 0 Å². The molecule has 4 aromatic heterocycles. The first-order valence-electron chi connectivity index (χ1n) is 28.1. The molecule has 0 saturated heterocycles. The summed E-state index contributed by atoms with van der Waals surface area (Å²) in [7, 11) is 0. The molecule has 2 nitrogen and oxygen atoms in total. The van der Waals surface area contributed by atoms with E-state index in [1.165, 1.54) is 184 Å². The fourth-order valence-electron chi connectivity index (χ4n) is 15.9. The van der Waals surface area contributed by atoms with E-state index in [-0.39, 0.29) is 10.8 Å². The Morgan fingerprint density at radius 1 is 0.325 bits per heavy atom. The molecule has 0 bridgehead atoms. The van der Waals surface area contributed by atoms with E-state index < -0.39 is 0 Å². The molecule has 16 aromatic rings. The van der Waals surface area contributed by atoms with E-state index in [1.54, 1.807) is 0 Å². The Hall–Kier alpha value is -9.06. The van der Waals surface area contributed by atoms with Crippen molar-refractivity contribution in [3.63, 3.8) is 0 Å². The van der Waals surface area contributed by atoms with Crippen LogP contribution in [0.25, 0.3) is 162 Å². The van der Waals surface area contributed by atoms with Gasteiger partial charge in [0, 0.05) is 74.4 Å². The number of aromatic nitrogens is 2. The maximum atomic E-state index is 2.70. The molecule has 0 N–H and O–H groups in total. The van der Waals surface area contributed by atoms with Crippen molar-refractivity contribution < 1.29 is 0 Å². The van der Waals surface area contributed by atoms with Crippen molar-refractivity contribution in [2.75, 3.05) is 0 Å². The zero-order valence-corrected chi connectivity index (χ0v) is 46.1. The van der Waals surface area contributed by atoms with Crippen LogP contribution in [0, 0.1) is 0 Å². The van der Waals surface area contributed by atoms with Crippen molar-refractivity contribution >= 4 is 117 Å². The molecular formula is C76H48N2S2. The summed E-state index contributed by atoms with van der Waals surface area (Å²) in [6.45, 7) is 9.84. The average Bonchev–Trinajstić information content (AvgIpc) is 2.68. The molecule has 374 valence electrons. The predicted molar refractivity (Wildman–Crippen MR) is 343 cm³/mol. The fraction of sp³-hybridized carbons (Fsp3) is 0.0789. The largest absolute Gasteiger partial charge is 0.308 e. The van der Waals surface area contributed by atoms with Gasteiger partial charge >= 0.3 is 0 Å². The highest BCUT2D eigenvalue weighted by Gasteiger charge is 2.43. The molecule has 80 heavy (non-hydrogen) atoms. The van der Waals surface area contributed by atoms with Crippen LogP contribution < -0.4 is 0 Å². The van der Waals surface area contributed by atoms with Crippen LogP contribution in [-0.4, -0.2) is 9.13 Å². The van der Waals surface area contributed by atoms with Gasteiger partial charge in [-0.15, -0.1) is 22.7 Å². The smallest absolute Gasteiger partial charge is 0.0723 e. The number of nitrogens with zero attached hydrogens (tertiary/aromatic N) is 2. The van der Waals surface area contributed by atoms with Gasteiger partial charge in [-0.2, -0.15) is 0 Å². The number of thiophene rings is 2. The van der Waals surface area contributed by atoms with E-state index in [4.69, 9.17) is 0 Å². The van der Waals surface area contributed by atoms with Gasteiger partial charge in [-0.25, -0.2) is 0 Å². The van der Waals surface area contributed by atoms with E-state index in [9.17, 15) is 0 Å². The molecule has 4 heterocycles. The Labute approximate surface area is 469 Å². The Kier molecular flexibility index (Phi) is 8.22. The Bertz CT molecular complexity index is 5510. The maximum Gasteiger partial charge on any atom is 0.0723 e. The average molecular weight is 1050 g/mol. The second kappa shape index (κ2) is 15.0. The molecule has 0 atom stereocenters. The lowest BCUT2D eigenvalue weighted by Crippen LogP contribution is -2.15. The van der Waals surface area contributed by atoms with Crippen molar-refractivity contribution in [3.8, 4) is 67.0 Å². The quantitative estimate of drug-likeness (QED) is 0.167. The highest BCUT2D eigenvalue weighted by molar-refractivity contribution is 7.27. The van der Waals surface area contributed by atoms with Crippen molar-refractivity contribution in [2.24, 2.45) is 0 Å². The van der Waals surface area contributed by atoms with E-state index in [0.29, 0.717) is 0 Å². The summed E-state index contributed by atoms with van der Waals surface area (Å²) in [6, 6.07) is 83.3. The highest BCUT2D eigenvalue weighted by Crippen LogP contribution is 2.62. The van der Waals surface area contributed by atoms with Gasteiger partial charge in [0.15, 0.2) is 0 Å². The van der Waals surface area contributed by atoms with Crippen LogP contribution in [-0.2, 0) is 10.8 Å². The predicted octanol–water partition coefficient (Wildman–Crippen LogP) is 21.7. The van der Waals surface area contributed by atoms with Crippen LogP contribution >= 0.6 is 22.7 Å². The molecular weight excluding hydrogens is 1000 g/mol. The van der Waals surface area contributed by atoms with Crippen LogP contribution in [0.15, 0.2) is 218 Å². The molecule has 0 spiro atoms. The minimum absolute atomic E-state index is 0.227. The van der Waals surface area contributed by atoms with Gasteiger partial charge in [-0.1, -0.05) is 198 Å². The first-order chi connectivity index (χ1) is 39.3. The molecule has 3 aliphatic rings. The third-order valence-electron chi connectivity index (χ3n) is 19.2. The van der Waals surface area contributed by atoms with Gasteiger partial charge in [0.2, 0.25) is 0 Å². The molecule has 0 fully saturated rings. The van der Waals surface area contributed by atoms with Gasteiger partial charge in [0.05, 0.1) is 37.2 Å². The summed E-state index contributed by atoms with van der Waals surface area (Å²) < 4.78 is 10.6. The van der Waals surface area contributed by atoms with Crippen molar-refractivity contribution in [1.29, 1.82) is 0 Å². The SMILES string of the molecule is CC1(C)c2ccccc2-c2c1c1c3ccccc3n(-c3ccccc3)c1c1sc3ccc(-c4ccc5c6c7c(c8c9ccccc9sc8c6n(-c6ccc8c9c(cccc69)-c6ccccc6-8)c5c4)-c4ccccc4C7(C)C)cc3c21. The Morgan fingerprint density at radius 2 is 0.838 bits per heavy atom. The molecule has 12 aromatic carbocycles. The van der Waals surface area contributed by atoms with Crippen LogP contribution in [0.5, 0.6) is 0 Å². The van der Waals surface area contributed by atoms with Crippen molar-refractivity contribution in [3.05, 3.63) is 241 Å². The number of para-hydroxylation sites is 2. The minimum Gasteiger partial charge on any atom is -0.308 e. The second-order valence-electron chi connectivity index (χ2n) is 23.8. The zero-order valence-electron chi connectivity index (χ0n) is 44.5. The first-order valence-corrected chi connectivity index (χ1v) is 29.7. The standard InChI is InChI=1S/C76H48N2S2/c1-75(2)55-29-14-10-23-48(55)63-65-53-26-13-17-32-60(53)79-73(65)72-68(69(63)75)52-35-33-42(40-59(52)78(72)58-37-36-47-45-22-9-8-21-44(45)46-27-18-28-50(58)62(46)47)41-34-38-61-54(39-41)66-64-49-24-11-15-30-56(49)76(3,4)70(64)67-51-25-12-16-31-57(51)77(71(67)74(66)80-61)43-19-6-5-7-20-43/h5-40H,1-4H3. The lowest BCUT2D eigenvalue weighted by molar-refractivity contribution is 0.667. The van der Waals surface area contributed by atoms with Crippen molar-refractivity contribution in [2.45, 2.75) is 38.5 Å².